The summed E-state index contributed by atoms with van der Waals surface area (Å²) in [6.45, 7) is 4.28. The van der Waals surface area contributed by atoms with Crippen LogP contribution in [0.3, 0.4) is 0 Å². The maximum absolute atomic E-state index is 4.41. The average Bonchev–Trinajstić information content (AvgIpc) is 2.74. The molecule has 0 saturated carbocycles. The zero-order valence-corrected chi connectivity index (χ0v) is 13.1. The first-order valence-corrected chi connectivity index (χ1v) is 7.55. The molecule has 4 heteroatoms. The van der Waals surface area contributed by atoms with E-state index < -0.39 is 0 Å². The summed E-state index contributed by atoms with van der Waals surface area (Å²) in [6.07, 6.45) is 10.1. The van der Waals surface area contributed by atoms with E-state index in [0.29, 0.717) is 0 Å². The van der Waals surface area contributed by atoms with Crippen molar-refractivity contribution in [3.05, 3.63) is 11.9 Å². The molecule has 0 aliphatic heterocycles. The molecule has 0 fully saturated rings. The fraction of sp³-hybridized carbons (Fsp3) is 0.800. The summed E-state index contributed by atoms with van der Waals surface area (Å²) in [5.41, 5.74) is 1.25. The van der Waals surface area contributed by atoms with Gasteiger partial charge in [-0.1, -0.05) is 39.0 Å². The Morgan fingerprint density at radius 2 is 1.84 bits per heavy atom. The molecule has 0 saturated heterocycles. The van der Waals surface area contributed by atoms with E-state index in [1.807, 2.05) is 25.2 Å². The fourth-order valence-electron chi connectivity index (χ4n) is 2.26. The van der Waals surface area contributed by atoms with E-state index in [1.54, 1.807) is 0 Å². The topological polar surface area (TPSA) is 33.1 Å². The van der Waals surface area contributed by atoms with Gasteiger partial charge in [0.25, 0.3) is 0 Å². The molecule has 0 aromatic carbocycles. The van der Waals surface area contributed by atoms with Crippen LogP contribution in [0, 0.1) is 0 Å². The minimum absolute atomic E-state index is 0.909. The van der Waals surface area contributed by atoms with E-state index in [0.717, 1.165) is 19.0 Å². The van der Waals surface area contributed by atoms with E-state index in [2.05, 4.69) is 28.8 Å². The molecule has 0 amide bonds. The van der Waals surface area contributed by atoms with Gasteiger partial charge in [0.05, 0.1) is 11.9 Å². The van der Waals surface area contributed by atoms with Gasteiger partial charge in [0.15, 0.2) is 0 Å². The van der Waals surface area contributed by atoms with E-state index in [4.69, 9.17) is 0 Å². The molecule has 0 atom stereocenters. The smallest absolute Gasteiger partial charge is 0.204 e. The fourth-order valence-corrected chi connectivity index (χ4v) is 2.26. The van der Waals surface area contributed by atoms with E-state index in [1.165, 1.54) is 44.2 Å². The SMILES string of the molecule is CCCCCCCCNCc1cnc(N(C)C)n1C. The molecule has 0 radical (unpaired) electrons. The third-order valence-corrected chi connectivity index (χ3v) is 3.47. The van der Waals surface area contributed by atoms with Crippen molar-refractivity contribution >= 4 is 5.95 Å². The molecule has 1 aromatic heterocycles. The summed E-state index contributed by atoms with van der Waals surface area (Å²) >= 11 is 0. The number of rotatable bonds is 10. The Morgan fingerprint density at radius 1 is 1.16 bits per heavy atom. The number of hydrogen-bond acceptors (Lipinski definition) is 3. The van der Waals surface area contributed by atoms with Crippen LogP contribution in [-0.4, -0.2) is 30.2 Å². The van der Waals surface area contributed by atoms with Crippen molar-refractivity contribution in [2.45, 2.75) is 52.0 Å². The number of nitrogens with one attached hydrogen (secondary N) is 1. The molecule has 1 aromatic rings. The van der Waals surface area contributed by atoms with Crippen LogP contribution in [0.2, 0.25) is 0 Å². The summed E-state index contributed by atoms with van der Waals surface area (Å²) in [5, 5.41) is 3.51. The molecule has 1 heterocycles. The van der Waals surface area contributed by atoms with Gasteiger partial charge in [-0.15, -0.1) is 0 Å². The Morgan fingerprint density at radius 3 is 2.47 bits per heavy atom. The van der Waals surface area contributed by atoms with Gasteiger partial charge in [-0.05, 0) is 13.0 Å². The lowest BCUT2D eigenvalue weighted by molar-refractivity contribution is 0.565. The molecular weight excluding hydrogens is 236 g/mol. The molecule has 0 aliphatic rings. The molecule has 1 N–H and O–H groups in total. The summed E-state index contributed by atoms with van der Waals surface area (Å²) < 4.78 is 2.15. The minimum Gasteiger partial charge on any atom is -0.348 e. The number of hydrogen-bond donors (Lipinski definition) is 1. The van der Waals surface area contributed by atoms with Crippen LogP contribution in [0.15, 0.2) is 6.20 Å². The number of anilines is 1. The molecule has 19 heavy (non-hydrogen) atoms. The van der Waals surface area contributed by atoms with Crippen molar-refractivity contribution in [2.24, 2.45) is 7.05 Å². The summed E-state index contributed by atoms with van der Waals surface area (Å²) in [4.78, 5) is 6.45. The summed E-state index contributed by atoms with van der Waals surface area (Å²) in [5.74, 6) is 1.01. The summed E-state index contributed by atoms with van der Waals surface area (Å²) in [6, 6.07) is 0. The van der Waals surface area contributed by atoms with Crippen LogP contribution < -0.4 is 10.2 Å². The standard InChI is InChI=1S/C15H30N4/c1-5-6-7-8-9-10-11-16-12-14-13-17-15(18(2)3)19(14)4/h13,16H,5-12H2,1-4H3. The lowest BCUT2D eigenvalue weighted by Crippen LogP contribution is -2.19. The van der Waals surface area contributed by atoms with Crippen molar-refractivity contribution in [3.8, 4) is 0 Å². The molecule has 4 nitrogen and oxygen atoms in total. The predicted octanol–water partition coefficient (Wildman–Crippen LogP) is 2.94. The molecule has 0 unspecified atom stereocenters. The first-order chi connectivity index (χ1) is 9.16. The quantitative estimate of drug-likeness (QED) is 0.661. The zero-order chi connectivity index (χ0) is 14.1. The number of nitrogens with zero attached hydrogens (tertiary/aromatic N) is 3. The lowest BCUT2D eigenvalue weighted by atomic mass is 10.1. The van der Waals surface area contributed by atoms with E-state index in [9.17, 15) is 0 Å². The monoisotopic (exact) mass is 266 g/mol. The molecule has 0 spiro atoms. The van der Waals surface area contributed by atoms with Crippen LogP contribution in [-0.2, 0) is 13.6 Å². The highest BCUT2D eigenvalue weighted by Gasteiger charge is 2.06. The predicted molar refractivity (Wildman–Crippen MR) is 82.6 cm³/mol. The highest BCUT2D eigenvalue weighted by molar-refractivity contribution is 5.30. The first-order valence-electron chi connectivity index (χ1n) is 7.55. The van der Waals surface area contributed by atoms with Crippen molar-refractivity contribution < 1.29 is 0 Å². The highest BCUT2D eigenvalue weighted by atomic mass is 15.3. The Hall–Kier alpha value is -1.03. The van der Waals surface area contributed by atoms with E-state index in [-0.39, 0.29) is 0 Å². The van der Waals surface area contributed by atoms with Gasteiger partial charge >= 0.3 is 0 Å². The normalized spacial score (nSPS) is 10.9. The van der Waals surface area contributed by atoms with Crippen LogP contribution in [0.25, 0.3) is 0 Å². The maximum Gasteiger partial charge on any atom is 0.204 e. The van der Waals surface area contributed by atoms with Crippen LogP contribution >= 0.6 is 0 Å². The second-order valence-corrected chi connectivity index (χ2v) is 5.45. The minimum atomic E-state index is 0.909. The summed E-state index contributed by atoms with van der Waals surface area (Å²) in [7, 11) is 6.12. The maximum atomic E-state index is 4.41. The number of unbranched alkanes of at least 4 members (excludes halogenated alkanes) is 5. The van der Waals surface area contributed by atoms with Gasteiger partial charge in [0, 0.05) is 27.7 Å². The number of imidazole rings is 1. The van der Waals surface area contributed by atoms with Gasteiger partial charge < -0.3 is 14.8 Å². The van der Waals surface area contributed by atoms with Gasteiger partial charge in [0.2, 0.25) is 5.95 Å². The van der Waals surface area contributed by atoms with Crippen LogP contribution in [0.4, 0.5) is 5.95 Å². The molecule has 110 valence electrons. The second kappa shape index (κ2) is 8.97. The zero-order valence-electron chi connectivity index (χ0n) is 13.1. The highest BCUT2D eigenvalue weighted by Crippen LogP contribution is 2.10. The van der Waals surface area contributed by atoms with Crippen molar-refractivity contribution in [2.75, 3.05) is 25.5 Å². The first kappa shape index (κ1) is 16.0. The second-order valence-electron chi connectivity index (χ2n) is 5.45. The lowest BCUT2D eigenvalue weighted by Gasteiger charge is -2.12. The van der Waals surface area contributed by atoms with Gasteiger partial charge in [-0.25, -0.2) is 4.98 Å². The van der Waals surface area contributed by atoms with Gasteiger partial charge in [-0.2, -0.15) is 0 Å². The van der Waals surface area contributed by atoms with Crippen molar-refractivity contribution in [1.29, 1.82) is 0 Å². The van der Waals surface area contributed by atoms with Crippen LogP contribution in [0.5, 0.6) is 0 Å². The molecule has 0 aliphatic carbocycles. The van der Waals surface area contributed by atoms with Crippen molar-refractivity contribution in [3.63, 3.8) is 0 Å². The molecule has 0 bridgehead atoms. The molecular formula is C15H30N4. The Kier molecular flexibility index (Phi) is 7.56. The molecule has 1 rings (SSSR count). The van der Waals surface area contributed by atoms with Crippen molar-refractivity contribution in [1.82, 2.24) is 14.9 Å². The Bertz CT molecular complexity index is 344. The third kappa shape index (κ3) is 5.64. The number of aromatic nitrogens is 2. The largest absolute Gasteiger partial charge is 0.348 e. The third-order valence-electron chi connectivity index (χ3n) is 3.47. The van der Waals surface area contributed by atoms with Gasteiger partial charge in [0.1, 0.15) is 0 Å². The van der Waals surface area contributed by atoms with Gasteiger partial charge in [-0.3, -0.25) is 0 Å². The van der Waals surface area contributed by atoms with E-state index >= 15 is 0 Å². The Balaban J connectivity index is 2.13. The Labute approximate surface area is 118 Å². The average molecular weight is 266 g/mol. The van der Waals surface area contributed by atoms with Crippen LogP contribution in [0.1, 0.15) is 51.1 Å².